The van der Waals surface area contributed by atoms with Crippen molar-refractivity contribution in [3.05, 3.63) is 35.0 Å². The highest BCUT2D eigenvalue weighted by Crippen LogP contribution is 2.25. The second-order valence-corrected chi connectivity index (χ2v) is 11.3. The first-order valence-corrected chi connectivity index (χ1v) is 16.2. The summed E-state index contributed by atoms with van der Waals surface area (Å²) in [4.78, 5) is 11.8. The molecular weight excluding hydrogens is 683 g/mol. The van der Waals surface area contributed by atoms with Crippen molar-refractivity contribution in [1.82, 2.24) is 5.32 Å². The minimum absolute atomic E-state index is 0.0343. The standard InChI is InChI=1S/C30H46F4NO11P.CH3N/c1-18(2)19(3-6-44-17-21-28(39)20(36)15-23(38)45-21)16-35-5-8-41-10-12-43-14-13-42-11-9-40-7-4-22(37)46-29-26(33)24(31)25(32)27(34)30(29)47;1-2/h16,18,20-21,23,28,35-36,38-39H,3-15,17,47H2,1-2H3;2H,1H2/b19-16-;. The van der Waals surface area contributed by atoms with Crippen molar-refractivity contribution in [2.45, 2.75) is 57.7 Å². The molecular formula is C31H49F4N2O11P. The van der Waals surface area contributed by atoms with Crippen LogP contribution in [0, 0.1) is 34.6 Å². The normalized spacial score (nSPS) is 19.4. The predicted molar refractivity (Wildman–Crippen MR) is 173 cm³/mol. The van der Waals surface area contributed by atoms with Crippen LogP contribution in [0.1, 0.15) is 33.1 Å². The van der Waals surface area contributed by atoms with E-state index in [9.17, 15) is 37.7 Å². The number of aliphatic hydroxyl groups excluding tert-OH is 3. The van der Waals surface area contributed by atoms with E-state index >= 15 is 0 Å². The van der Waals surface area contributed by atoms with Gasteiger partial charge in [-0.05, 0) is 30.8 Å². The molecule has 282 valence electrons. The molecule has 0 spiro atoms. The van der Waals surface area contributed by atoms with Crippen molar-refractivity contribution in [3.8, 4) is 5.75 Å². The Labute approximate surface area is 285 Å². The van der Waals surface area contributed by atoms with Crippen molar-refractivity contribution >= 4 is 27.2 Å². The molecule has 2 rings (SSSR count). The molecule has 1 fully saturated rings. The number of aliphatic hydroxyl groups is 3. The van der Waals surface area contributed by atoms with E-state index in [1.807, 2.05) is 6.20 Å². The molecule has 0 amide bonds. The molecule has 18 heteroatoms. The first-order chi connectivity index (χ1) is 23.4. The Morgan fingerprint density at radius 2 is 1.41 bits per heavy atom. The summed E-state index contributed by atoms with van der Waals surface area (Å²) in [6.45, 7) is 9.78. The first kappa shape index (κ1) is 44.7. The van der Waals surface area contributed by atoms with Gasteiger partial charge in [0.25, 0.3) is 0 Å². The minimum atomic E-state index is -2.07. The van der Waals surface area contributed by atoms with Gasteiger partial charge in [0.2, 0.25) is 11.6 Å². The van der Waals surface area contributed by atoms with Crippen LogP contribution in [0.4, 0.5) is 17.6 Å². The van der Waals surface area contributed by atoms with E-state index in [0.29, 0.717) is 52.6 Å². The van der Waals surface area contributed by atoms with Crippen molar-refractivity contribution in [1.29, 1.82) is 5.41 Å². The molecule has 13 nitrogen and oxygen atoms in total. The average Bonchev–Trinajstić information content (AvgIpc) is 3.08. The zero-order valence-electron chi connectivity index (χ0n) is 27.8. The number of esters is 1. The molecule has 0 radical (unpaired) electrons. The Kier molecular flexibility index (Phi) is 23.4. The number of hydrogen-bond acceptors (Lipinski definition) is 13. The van der Waals surface area contributed by atoms with Gasteiger partial charge in [-0.15, -0.1) is 0 Å². The zero-order valence-corrected chi connectivity index (χ0v) is 28.9. The van der Waals surface area contributed by atoms with Gasteiger partial charge in [0.1, 0.15) is 12.2 Å². The summed E-state index contributed by atoms with van der Waals surface area (Å²) in [7, 11) is 1.66. The molecule has 1 heterocycles. The highest BCUT2D eigenvalue weighted by atomic mass is 31.0. The molecule has 1 aliphatic heterocycles. The Morgan fingerprint density at radius 1 is 0.878 bits per heavy atom. The number of benzene rings is 1. The van der Waals surface area contributed by atoms with Gasteiger partial charge in [0, 0.05) is 13.0 Å². The van der Waals surface area contributed by atoms with Gasteiger partial charge < -0.3 is 59.2 Å². The fourth-order valence-corrected chi connectivity index (χ4v) is 4.44. The van der Waals surface area contributed by atoms with Crippen LogP contribution in [0.25, 0.3) is 0 Å². The maximum Gasteiger partial charge on any atom is 0.313 e. The predicted octanol–water partition coefficient (Wildman–Crippen LogP) is 1.74. The quantitative estimate of drug-likeness (QED) is 0.0161. The zero-order chi connectivity index (χ0) is 36.8. The van der Waals surface area contributed by atoms with Crippen LogP contribution in [0.3, 0.4) is 0 Å². The lowest BCUT2D eigenvalue weighted by Crippen LogP contribution is -2.50. The Morgan fingerprint density at radius 3 is 2.00 bits per heavy atom. The molecule has 0 aliphatic carbocycles. The molecule has 5 unspecified atom stereocenters. The van der Waals surface area contributed by atoms with Crippen LogP contribution in [0.2, 0.25) is 0 Å². The third kappa shape index (κ3) is 17.0. The van der Waals surface area contributed by atoms with E-state index in [0.717, 1.165) is 5.57 Å². The SMILES string of the molecule is C=N.CC(C)/C(=C\NCCOCCOCCOCCOCCC(=O)Oc1c(F)c(F)c(F)c(F)c1P)CCOCC1OC(O)CC(O)C1O. The average molecular weight is 733 g/mol. The number of nitrogens with one attached hydrogen (secondary N) is 2. The van der Waals surface area contributed by atoms with Gasteiger partial charge in [-0.3, -0.25) is 4.79 Å². The molecule has 1 aromatic carbocycles. The van der Waals surface area contributed by atoms with E-state index in [-0.39, 0.29) is 45.2 Å². The van der Waals surface area contributed by atoms with Crippen molar-refractivity contribution in [2.24, 2.45) is 5.92 Å². The lowest BCUT2D eigenvalue weighted by atomic mass is 10.0. The van der Waals surface area contributed by atoms with Crippen LogP contribution in [-0.2, 0) is 33.2 Å². The van der Waals surface area contributed by atoms with Crippen LogP contribution in [0.15, 0.2) is 11.8 Å². The first-order valence-electron chi connectivity index (χ1n) is 15.6. The Hall–Kier alpha value is -2.31. The minimum Gasteiger partial charge on any atom is -0.422 e. The summed E-state index contributed by atoms with van der Waals surface area (Å²) in [6.07, 6.45) is -1.85. The molecule has 5 N–H and O–H groups in total. The van der Waals surface area contributed by atoms with Crippen LogP contribution in [0.5, 0.6) is 5.75 Å². The molecule has 0 saturated carbocycles. The number of carbonyl (C=O) groups excluding carboxylic acids is 1. The van der Waals surface area contributed by atoms with Crippen molar-refractivity contribution in [3.63, 3.8) is 0 Å². The van der Waals surface area contributed by atoms with E-state index in [1.165, 1.54) is 0 Å². The van der Waals surface area contributed by atoms with Gasteiger partial charge >= 0.3 is 5.97 Å². The number of carbonyl (C=O) groups is 1. The van der Waals surface area contributed by atoms with Crippen molar-refractivity contribution < 1.29 is 70.8 Å². The largest absolute Gasteiger partial charge is 0.422 e. The summed E-state index contributed by atoms with van der Waals surface area (Å²) >= 11 is 0. The van der Waals surface area contributed by atoms with Gasteiger partial charge in [-0.2, -0.15) is 4.39 Å². The van der Waals surface area contributed by atoms with Crippen LogP contribution in [-0.4, -0.2) is 125 Å². The second-order valence-electron chi connectivity index (χ2n) is 10.7. The van der Waals surface area contributed by atoms with Crippen LogP contribution < -0.4 is 15.4 Å². The fraction of sp³-hybridized carbons (Fsp3) is 0.677. The summed E-state index contributed by atoms with van der Waals surface area (Å²) < 4.78 is 90.8. The number of ether oxygens (including phenoxy) is 7. The van der Waals surface area contributed by atoms with E-state index < -0.39 is 64.9 Å². The third-order valence-electron chi connectivity index (χ3n) is 6.83. The summed E-state index contributed by atoms with van der Waals surface area (Å²) in [5.41, 5.74) is 1.13. The Bertz CT molecular complexity index is 1110. The lowest BCUT2D eigenvalue weighted by Gasteiger charge is -2.34. The number of rotatable bonds is 23. The molecule has 1 aliphatic rings. The summed E-state index contributed by atoms with van der Waals surface area (Å²) in [5.74, 6) is -9.32. The summed E-state index contributed by atoms with van der Waals surface area (Å²) in [6, 6.07) is 0. The molecule has 0 bridgehead atoms. The van der Waals surface area contributed by atoms with Crippen molar-refractivity contribution in [2.75, 3.05) is 72.6 Å². The third-order valence-corrected chi connectivity index (χ3v) is 7.34. The molecule has 5 atom stereocenters. The van der Waals surface area contributed by atoms with E-state index in [2.05, 4.69) is 30.6 Å². The van der Waals surface area contributed by atoms with Gasteiger partial charge in [0.05, 0.1) is 83.9 Å². The highest BCUT2D eigenvalue weighted by Gasteiger charge is 2.36. The maximum absolute atomic E-state index is 13.8. The topological polar surface area (TPSA) is 178 Å². The molecule has 1 saturated heterocycles. The van der Waals surface area contributed by atoms with E-state index in [4.69, 9.17) is 33.8 Å². The van der Waals surface area contributed by atoms with Gasteiger partial charge in [-0.25, -0.2) is 13.2 Å². The summed E-state index contributed by atoms with van der Waals surface area (Å²) in [5, 5.41) is 37.3. The number of hydrogen-bond donors (Lipinski definition) is 5. The highest BCUT2D eigenvalue weighted by molar-refractivity contribution is 7.27. The monoisotopic (exact) mass is 732 g/mol. The fourth-order valence-electron chi connectivity index (χ4n) is 4.13. The lowest BCUT2D eigenvalue weighted by molar-refractivity contribution is -0.242. The smallest absolute Gasteiger partial charge is 0.313 e. The molecule has 0 aromatic heterocycles. The molecule has 1 aromatic rings. The molecule has 49 heavy (non-hydrogen) atoms. The van der Waals surface area contributed by atoms with E-state index in [1.54, 1.807) is 9.24 Å². The van der Waals surface area contributed by atoms with Gasteiger partial charge in [-0.1, -0.05) is 23.1 Å². The Balaban J connectivity index is 0.00000589. The maximum atomic E-state index is 13.8. The second kappa shape index (κ2) is 25.6. The number of halogens is 4. The van der Waals surface area contributed by atoms with Crippen LogP contribution >= 0.6 is 9.24 Å². The van der Waals surface area contributed by atoms with Gasteiger partial charge in [0.15, 0.2) is 23.7 Å².